The van der Waals surface area contributed by atoms with Gasteiger partial charge in [-0.2, -0.15) is 0 Å². The van der Waals surface area contributed by atoms with Gasteiger partial charge in [0.25, 0.3) is 0 Å². The van der Waals surface area contributed by atoms with Crippen LogP contribution in [0.25, 0.3) is 44.2 Å². The van der Waals surface area contributed by atoms with Gasteiger partial charge in [0.1, 0.15) is 22.7 Å². The van der Waals surface area contributed by atoms with Crippen LogP contribution in [0.4, 0.5) is 0 Å². The van der Waals surface area contributed by atoms with Crippen LogP contribution in [0.1, 0.15) is 22.3 Å². The molecule has 0 unspecified atom stereocenters. The van der Waals surface area contributed by atoms with Crippen molar-refractivity contribution in [2.75, 3.05) is 0 Å². The molecule has 0 radical (unpaired) electrons. The maximum atomic E-state index is 6.99. The summed E-state index contributed by atoms with van der Waals surface area (Å²) in [6, 6.07) is 44.5. The average molecular weight is 533 g/mol. The van der Waals surface area contributed by atoms with Crippen molar-refractivity contribution in [1.29, 1.82) is 0 Å². The molecule has 2 heterocycles. The molecule has 9 rings (SSSR count). The van der Waals surface area contributed by atoms with Gasteiger partial charge in [0.05, 0.1) is 5.41 Å². The molecule has 1 aromatic heterocycles. The van der Waals surface area contributed by atoms with Crippen molar-refractivity contribution in [2.45, 2.75) is 5.41 Å². The second-order valence-electron chi connectivity index (χ2n) is 10.6. The van der Waals surface area contributed by atoms with Crippen LogP contribution in [0, 0.1) is 0 Å². The number of fused-ring (bicyclic) bond motifs is 12. The molecule has 40 heavy (non-hydrogen) atoms. The highest BCUT2D eigenvalue weighted by Crippen LogP contribution is 2.63. The SMILES string of the molecule is Clc1cc(-c2ccc3oc4ccccc4c3c2)c2c(c1)C1(c3ccccc3O2)c2ccccc2-c2ccccc21. The van der Waals surface area contributed by atoms with Crippen LogP contribution in [0.2, 0.25) is 5.02 Å². The number of hydrogen-bond donors (Lipinski definition) is 0. The van der Waals surface area contributed by atoms with Crippen molar-refractivity contribution in [3.63, 3.8) is 0 Å². The van der Waals surface area contributed by atoms with E-state index < -0.39 is 5.41 Å². The summed E-state index contributed by atoms with van der Waals surface area (Å²) in [6.07, 6.45) is 0. The van der Waals surface area contributed by atoms with E-state index in [0.29, 0.717) is 5.02 Å². The summed E-state index contributed by atoms with van der Waals surface area (Å²) in [5, 5.41) is 2.84. The zero-order chi connectivity index (χ0) is 26.4. The first kappa shape index (κ1) is 22.1. The molecule has 1 spiro atoms. The van der Waals surface area contributed by atoms with Crippen LogP contribution in [-0.4, -0.2) is 0 Å². The van der Waals surface area contributed by atoms with Crippen LogP contribution in [0.15, 0.2) is 132 Å². The molecule has 0 saturated carbocycles. The quantitative estimate of drug-likeness (QED) is 0.210. The van der Waals surface area contributed by atoms with Gasteiger partial charge in [-0.1, -0.05) is 103 Å². The maximum absolute atomic E-state index is 6.99. The molecule has 0 atom stereocenters. The van der Waals surface area contributed by atoms with Gasteiger partial charge in [-0.25, -0.2) is 0 Å². The van der Waals surface area contributed by atoms with E-state index >= 15 is 0 Å². The second kappa shape index (κ2) is 7.88. The van der Waals surface area contributed by atoms with E-state index in [1.807, 2.05) is 36.4 Å². The topological polar surface area (TPSA) is 22.4 Å². The van der Waals surface area contributed by atoms with E-state index in [2.05, 4.69) is 91.0 Å². The van der Waals surface area contributed by atoms with Crippen LogP contribution in [0.3, 0.4) is 0 Å². The summed E-state index contributed by atoms with van der Waals surface area (Å²) < 4.78 is 13.0. The minimum absolute atomic E-state index is 0.552. The lowest BCUT2D eigenvalue weighted by Gasteiger charge is -2.40. The number of furan rings is 1. The van der Waals surface area contributed by atoms with Crippen molar-refractivity contribution >= 4 is 33.5 Å². The number of para-hydroxylation sites is 2. The normalized spacial score (nSPS) is 14.0. The molecule has 0 bridgehead atoms. The summed E-state index contributed by atoms with van der Waals surface area (Å²) in [7, 11) is 0. The number of halogens is 1. The monoisotopic (exact) mass is 532 g/mol. The molecule has 2 aliphatic rings. The fourth-order valence-electron chi connectivity index (χ4n) is 7.03. The van der Waals surface area contributed by atoms with Crippen LogP contribution in [-0.2, 0) is 5.41 Å². The van der Waals surface area contributed by atoms with Gasteiger partial charge in [0, 0.05) is 32.5 Å². The van der Waals surface area contributed by atoms with Crippen LogP contribution in [0.5, 0.6) is 11.5 Å². The molecule has 188 valence electrons. The summed E-state index contributed by atoms with van der Waals surface area (Å²) in [5.74, 6) is 1.70. The molecule has 3 heteroatoms. The van der Waals surface area contributed by atoms with E-state index in [4.69, 9.17) is 20.8 Å². The molecule has 0 N–H and O–H groups in total. The molecule has 0 saturated heterocycles. The predicted octanol–water partition coefficient (Wildman–Crippen LogP) is 10.4. The average Bonchev–Trinajstić information content (AvgIpc) is 3.51. The fourth-order valence-corrected chi connectivity index (χ4v) is 7.24. The molecule has 7 aromatic rings. The van der Waals surface area contributed by atoms with Crippen molar-refractivity contribution in [1.82, 2.24) is 0 Å². The lowest BCUT2D eigenvalue weighted by atomic mass is 9.65. The van der Waals surface area contributed by atoms with Crippen LogP contribution >= 0.6 is 11.6 Å². The molecular weight excluding hydrogens is 512 g/mol. The van der Waals surface area contributed by atoms with E-state index in [1.165, 1.54) is 22.3 Å². The Labute approximate surface area is 236 Å². The lowest BCUT2D eigenvalue weighted by molar-refractivity contribution is 0.438. The number of ether oxygens (including phenoxy) is 1. The summed E-state index contributed by atoms with van der Waals surface area (Å²) >= 11 is 6.99. The third kappa shape index (κ3) is 2.74. The number of rotatable bonds is 1. The largest absolute Gasteiger partial charge is 0.456 e. The van der Waals surface area contributed by atoms with E-state index in [0.717, 1.165) is 55.7 Å². The molecule has 6 aromatic carbocycles. The smallest absolute Gasteiger partial charge is 0.140 e. The molecule has 0 amide bonds. The maximum Gasteiger partial charge on any atom is 0.140 e. The summed E-state index contributed by atoms with van der Waals surface area (Å²) in [6.45, 7) is 0. The minimum Gasteiger partial charge on any atom is -0.456 e. The van der Waals surface area contributed by atoms with Crippen LogP contribution < -0.4 is 4.74 Å². The van der Waals surface area contributed by atoms with E-state index in [1.54, 1.807) is 0 Å². The zero-order valence-corrected chi connectivity index (χ0v) is 22.1. The Morgan fingerprint density at radius 3 is 1.95 bits per heavy atom. The highest BCUT2D eigenvalue weighted by molar-refractivity contribution is 6.31. The highest BCUT2D eigenvalue weighted by Gasteiger charge is 2.51. The van der Waals surface area contributed by atoms with Crippen molar-refractivity contribution < 1.29 is 9.15 Å². The third-order valence-electron chi connectivity index (χ3n) is 8.60. The Kier molecular flexibility index (Phi) is 4.35. The van der Waals surface area contributed by atoms with Gasteiger partial charge in [0.2, 0.25) is 0 Å². The Hall–Kier alpha value is -4.79. The predicted molar refractivity (Wildman–Crippen MR) is 162 cm³/mol. The summed E-state index contributed by atoms with van der Waals surface area (Å²) in [5.41, 5.74) is 10.4. The first-order valence-electron chi connectivity index (χ1n) is 13.5. The molecule has 0 fully saturated rings. The van der Waals surface area contributed by atoms with E-state index in [-0.39, 0.29) is 0 Å². The van der Waals surface area contributed by atoms with Gasteiger partial charge in [-0.3, -0.25) is 0 Å². The minimum atomic E-state index is -0.552. The van der Waals surface area contributed by atoms with Gasteiger partial charge in [-0.05, 0) is 64.2 Å². The van der Waals surface area contributed by atoms with Gasteiger partial charge < -0.3 is 9.15 Å². The molecule has 1 aliphatic carbocycles. The first-order chi connectivity index (χ1) is 19.7. The lowest BCUT2D eigenvalue weighted by Crippen LogP contribution is -2.32. The van der Waals surface area contributed by atoms with Gasteiger partial charge >= 0.3 is 0 Å². The first-order valence-corrected chi connectivity index (χ1v) is 13.8. The highest BCUT2D eigenvalue weighted by atomic mass is 35.5. The Balaban J connectivity index is 1.40. The van der Waals surface area contributed by atoms with Crippen molar-refractivity contribution in [2.24, 2.45) is 0 Å². The second-order valence-corrected chi connectivity index (χ2v) is 11.0. The third-order valence-corrected chi connectivity index (χ3v) is 8.82. The molecule has 1 aliphatic heterocycles. The van der Waals surface area contributed by atoms with Gasteiger partial charge in [-0.15, -0.1) is 0 Å². The van der Waals surface area contributed by atoms with Gasteiger partial charge in [0.15, 0.2) is 0 Å². The molecular formula is C37H21ClO2. The fraction of sp³-hybridized carbons (Fsp3) is 0.0270. The Morgan fingerprint density at radius 2 is 1.15 bits per heavy atom. The standard InChI is InChI=1S/C37H21ClO2/c38-23-20-27(22-17-18-34-28(19-22)26-11-3-7-15-33(26)39-34)36-32(21-23)37(31-14-6-8-16-35(31)40-36)29-12-4-1-9-24(29)25-10-2-5-13-30(25)37/h1-21H. The van der Waals surface area contributed by atoms with E-state index in [9.17, 15) is 0 Å². The van der Waals surface area contributed by atoms with Crippen molar-refractivity contribution in [3.05, 3.63) is 155 Å². The summed E-state index contributed by atoms with van der Waals surface area (Å²) in [4.78, 5) is 0. The van der Waals surface area contributed by atoms with Crippen molar-refractivity contribution in [3.8, 4) is 33.8 Å². The Bertz CT molecular complexity index is 2120. The number of benzene rings is 6. The number of hydrogen-bond acceptors (Lipinski definition) is 2. The zero-order valence-electron chi connectivity index (χ0n) is 21.3. The molecule has 2 nitrogen and oxygen atoms in total. The Morgan fingerprint density at radius 1 is 0.500 bits per heavy atom.